The van der Waals surface area contributed by atoms with E-state index < -0.39 is 11.0 Å². The highest BCUT2D eigenvalue weighted by molar-refractivity contribution is 5.85. The molecule has 9 nitrogen and oxygen atoms in total. The van der Waals surface area contributed by atoms with Crippen LogP contribution in [0.5, 0.6) is 5.75 Å². The predicted octanol–water partition coefficient (Wildman–Crippen LogP) is 1.34. The molecule has 1 aromatic carbocycles. The normalized spacial score (nSPS) is 11.3. The van der Waals surface area contributed by atoms with Crippen molar-refractivity contribution in [2.24, 2.45) is 7.05 Å². The van der Waals surface area contributed by atoms with Crippen LogP contribution in [0.3, 0.4) is 0 Å². The van der Waals surface area contributed by atoms with Gasteiger partial charge in [0.25, 0.3) is 0 Å². The predicted molar refractivity (Wildman–Crippen MR) is 93.8 cm³/mol. The molecule has 1 heterocycles. The molecule has 0 radical (unpaired) electrons. The van der Waals surface area contributed by atoms with Crippen LogP contribution in [0.2, 0.25) is 0 Å². The van der Waals surface area contributed by atoms with Crippen molar-refractivity contribution >= 4 is 24.0 Å². The molecule has 2 rings (SSSR count). The summed E-state index contributed by atoms with van der Waals surface area (Å²) in [4.78, 5) is 22.8. The molecule has 10 heteroatoms. The van der Waals surface area contributed by atoms with Gasteiger partial charge in [-0.2, -0.15) is 5.10 Å². The van der Waals surface area contributed by atoms with Crippen LogP contribution >= 0.6 is 12.4 Å². The number of nitrogens with zero attached hydrogens (tertiary/aromatic N) is 3. The number of ether oxygens (including phenoxy) is 1. The summed E-state index contributed by atoms with van der Waals surface area (Å²) >= 11 is 0. The Labute approximate surface area is 150 Å². The smallest absolute Gasteiger partial charge is 0.311 e. The molecule has 1 aromatic heterocycles. The molecular weight excluding hydrogens is 350 g/mol. The van der Waals surface area contributed by atoms with Crippen molar-refractivity contribution in [3.63, 3.8) is 0 Å². The molecule has 0 bridgehead atoms. The fourth-order valence-electron chi connectivity index (χ4n) is 2.32. The number of hydrogen-bond donors (Lipinski definition) is 2. The van der Waals surface area contributed by atoms with Crippen molar-refractivity contribution in [3.8, 4) is 5.75 Å². The number of methoxy groups -OCH3 is 1. The zero-order chi connectivity index (χ0) is 17.7. The third-order valence-corrected chi connectivity index (χ3v) is 3.52. The lowest BCUT2D eigenvalue weighted by molar-refractivity contribution is -0.385. The largest absolute Gasteiger partial charge is 0.490 e. The van der Waals surface area contributed by atoms with Crippen molar-refractivity contribution in [2.45, 2.75) is 12.6 Å². The fourth-order valence-corrected chi connectivity index (χ4v) is 2.32. The standard InChI is InChI=1S/C15H19N5O4.ClH/c1-16-14(11-8-18-19(2)9-11)15(21)17-7-10-4-5-13(24-3)12(6-10)20(22)23;/h4-6,8-9,14,16H,7H2,1-3H3,(H,17,21);1H. The van der Waals surface area contributed by atoms with Gasteiger partial charge in [0, 0.05) is 31.4 Å². The Morgan fingerprint density at radius 1 is 1.48 bits per heavy atom. The van der Waals surface area contributed by atoms with Crippen LogP contribution in [0.4, 0.5) is 5.69 Å². The summed E-state index contributed by atoms with van der Waals surface area (Å²) < 4.78 is 6.57. The first kappa shape index (κ1) is 20.4. The molecule has 2 aromatic rings. The van der Waals surface area contributed by atoms with Crippen molar-refractivity contribution in [2.75, 3.05) is 14.2 Å². The van der Waals surface area contributed by atoms with E-state index in [1.165, 1.54) is 19.2 Å². The van der Waals surface area contributed by atoms with E-state index in [9.17, 15) is 14.9 Å². The molecule has 1 amide bonds. The summed E-state index contributed by atoms with van der Waals surface area (Å²) in [6.07, 6.45) is 3.36. The number of carbonyl (C=O) groups excluding carboxylic acids is 1. The van der Waals surface area contributed by atoms with Gasteiger partial charge in [-0.25, -0.2) is 0 Å². The molecular formula is C15H20ClN5O4. The number of nitro groups is 1. The van der Waals surface area contributed by atoms with Crippen molar-refractivity contribution < 1.29 is 14.5 Å². The van der Waals surface area contributed by atoms with Gasteiger partial charge in [-0.3, -0.25) is 19.6 Å². The van der Waals surface area contributed by atoms with Crippen LogP contribution in [0.1, 0.15) is 17.2 Å². The summed E-state index contributed by atoms with van der Waals surface area (Å²) in [5.41, 5.74) is 1.21. The molecule has 0 spiro atoms. The minimum Gasteiger partial charge on any atom is -0.490 e. The van der Waals surface area contributed by atoms with Gasteiger partial charge >= 0.3 is 5.69 Å². The van der Waals surface area contributed by atoms with Crippen LogP contribution in [0, 0.1) is 10.1 Å². The molecule has 2 N–H and O–H groups in total. The van der Waals surface area contributed by atoms with Crippen LogP contribution in [-0.2, 0) is 18.4 Å². The second-order valence-electron chi connectivity index (χ2n) is 5.15. The number of halogens is 1. The molecule has 136 valence electrons. The molecule has 0 aliphatic heterocycles. The molecule has 0 saturated heterocycles. The molecule has 0 aliphatic carbocycles. The van der Waals surface area contributed by atoms with E-state index in [1.807, 2.05) is 0 Å². The number of nitrogens with one attached hydrogen (secondary N) is 2. The first-order valence-electron chi connectivity index (χ1n) is 7.21. The zero-order valence-electron chi connectivity index (χ0n) is 14.1. The summed E-state index contributed by atoms with van der Waals surface area (Å²) in [7, 11) is 4.81. The lowest BCUT2D eigenvalue weighted by Gasteiger charge is -2.14. The maximum absolute atomic E-state index is 12.3. The van der Waals surface area contributed by atoms with E-state index in [0.717, 1.165) is 5.56 Å². The maximum atomic E-state index is 12.3. The van der Waals surface area contributed by atoms with Gasteiger partial charge in [0.2, 0.25) is 5.91 Å². The number of aromatic nitrogens is 2. The lowest BCUT2D eigenvalue weighted by Crippen LogP contribution is -2.35. The number of amides is 1. The second kappa shape index (κ2) is 9.00. The van der Waals surface area contributed by atoms with E-state index in [-0.39, 0.29) is 36.3 Å². The Morgan fingerprint density at radius 3 is 2.72 bits per heavy atom. The quantitative estimate of drug-likeness (QED) is 0.562. The Morgan fingerprint density at radius 2 is 2.20 bits per heavy atom. The van der Waals surface area contributed by atoms with Gasteiger partial charge in [-0.05, 0) is 18.7 Å². The van der Waals surface area contributed by atoms with Gasteiger partial charge < -0.3 is 15.4 Å². The monoisotopic (exact) mass is 369 g/mol. The van der Waals surface area contributed by atoms with Gasteiger partial charge in [-0.1, -0.05) is 6.07 Å². The first-order chi connectivity index (χ1) is 11.5. The number of likely N-dealkylation sites (N-methyl/N-ethyl adjacent to an activating group) is 1. The molecule has 0 saturated carbocycles. The fraction of sp³-hybridized carbons (Fsp3) is 0.333. The van der Waals surface area contributed by atoms with Gasteiger partial charge in [-0.15, -0.1) is 12.4 Å². The molecule has 25 heavy (non-hydrogen) atoms. The van der Waals surface area contributed by atoms with E-state index in [2.05, 4.69) is 15.7 Å². The topological polar surface area (TPSA) is 111 Å². The maximum Gasteiger partial charge on any atom is 0.311 e. The first-order valence-corrected chi connectivity index (χ1v) is 7.21. The second-order valence-corrected chi connectivity index (χ2v) is 5.15. The number of carbonyl (C=O) groups is 1. The molecule has 0 aliphatic rings. The van der Waals surface area contributed by atoms with E-state index in [4.69, 9.17) is 4.74 Å². The Balaban J connectivity index is 0.00000312. The molecule has 1 unspecified atom stereocenters. The van der Waals surface area contributed by atoms with Crippen LogP contribution in [0.25, 0.3) is 0 Å². The third kappa shape index (κ3) is 4.91. The highest BCUT2D eigenvalue weighted by Gasteiger charge is 2.20. The molecule has 1 atom stereocenters. The summed E-state index contributed by atoms with van der Waals surface area (Å²) in [6.45, 7) is 0.169. The molecule has 0 fully saturated rings. The van der Waals surface area contributed by atoms with E-state index in [1.54, 1.807) is 37.2 Å². The SMILES string of the molecule is CNC(C(=O)NCc1ccc(OC)c([N+](=O)[O-])c1)c1cnn(C)c1.Cl. The minimum atomic E-state index is -0.549. The number of benzene rings is 1. The summed E-state index contributed by atoms with van der Waals surface area (Å²) in [5.74, 6) is -0.0671. The number of rotatable bonds is 7. The van der Waals surface area contributed by atoms with Gasteiger partial charge in [0.1, 0.15) is 6.04 Å². The highest BCUT2D eigenvalue weighted by Crippen LogP contribution is 2.27. The zero-order valence-corrected chi connectivity index (χ0v) is 14.9. The summed E-state index contributed by atoms with van der Waals surface area (Å²) in [5, 5.41) is 20.8. The third-order valence-electron chi connectivity index (χ3n) is 3.52. The van der Waals surface area contributed by atoms with Gasteiger partial charge in [0.15, 0.2) is 5.75 Å². The van der Waals surface area contributed by atoms with E-state index in [0.29, 0.717) is 5.56 Å². The van der Waals surface area contributed by atoms with Crippen LogP contribution < -0.4 is 15.4 Å². The highest BCUT2D eigenvalue weighted by atomic mass is 35.5. The number of nitro benzene ring substituents is 1. The Kier molecular flexibility index (Phi) is 7.34. The van der Waals surface area contributed by atoms with Gasteiger partial charge in [0.05, 0.1) is 18.2 Å². The number of hydrogen-bond acceptors (Lipinski definition) is 6. The van der Waals surface area contributed by atoms with Crippen LogP contribution in [0.15, 0.2) is 30.6 Å². The summed E-state index contributed by atoms with van der Waals surface area (Å²) in [6, 6.07) is 4.02. The Hall–Kier alpha value is -2.65. The van der Waals surface area contributed by atoms with Crippen molar-refractivity contribution in [1.29, 1.82) is 0 Å². The van der Waals surface area contributed by atoms with E-state index >= 15 is 0 Å². The van der Waals surface area contributed by atoms with Crippen LogP contribution in [-0.4, -0.2) is 34.8 Å². The van der Waals surface area contributed by atoms with Crippen molar-refractivity contribution in [3.05, 3.63) is 51.8 Å². The average molecular weight is 370 g/mol. The minimum absolute atomic E-state index is 0. The lowest BCUT2D eigenvalue weighted by atomic mass is 10.1. The van der Waals surface area contributed by atoms with Crippen molar-refractivity contribution in [1.82, 2.24) is 20.4 Å². The number of aryl methyl sites for hydroxylation is 1. The average Bonchev–Trinajstić information content (AvgIpc) is 2.99. The Bertz CT molecular complexity index is 749.